The summed E-state index contributed by atoms with van der Waals surface area (Å²) in [5.41, 5.74) is 3.58. The minimum absolute atomic E-state index is 0.00238. The SMILES string of the molecule is COc1cc(Br)cc(/C=N\NC(=O)c2nn(Cc3ccc([N+](=O)[O-])cc3)cc2Br)c1O. The van der Waals surface area contributed by atoms with Crippen LogP contribution >= 0.6 is 31.9 Å². The molecule has 0 atom stereocenters. The van der Waals surface area contributed by atoms with Gasteiger partial charge in [0.05, 0.1) is 29.3 Å². The van der Waals surface area contributed by atoms with Crippen LogP contribution in [-0.4, -0.2) is 39.0 Å². The predicted molar refractivity (Wildman–Crippen MR) is 120 cm³/mol. The van der Waals surface area contributed by atoms with Crippen molar-refractivity contribution < 1.29 is 19.6 Å². The third-order valence-corrected chi connectivity index (χ3v) is 5.12. The zero-order valence-electron chi connectivity index (χ0n) is 16.0. The number of nitrogens with one attached hydrogen (secondary N) is 1. The molecule has 2 N–H and O–H groups in total. The molecule has 0 bridgehead atoms. The van der Waals surface area contributed by atoms with Crippen LogP contribution in [0.1, 0.15) is 21.6 Å². The Morgan fingerprint density at radius 1 is 1.35 bits per heavy atom. The molecule has 0 unspecified atom stereocenters. The molecular formula is C19H15Br2N5O5. The number of ether oxygens (including phenoxy) is 1. The predicted octanol–water partition coefficient (Wildman–Crippen LogP) is 3.84. The normalized spacial score (nSPS) is 10.9. The van der Waals surface area contributed by atoms with Crippen LogP contribution in [0, 0.1) is 10.1 Å². The molecule has 1 aromatic heterocycles. The topological polar surface area (TPSA) is 132 Å². The molecule has 3 aromatic rings. The fraction of sp³-hybridized carbons (Fsp3) is 0.105. The lowest BCUT2D eigenvalue weighted by Gasteiger charge is -2.06. The maximum Gasteiger partial charge on any atom is 0.293 e. The number of aromatic nitrogens is 2. The van der Waals surface area contributed by atoms with Gasteiger partial charge in [-0.3, -0.25) is 19.6 Å². The molecule has 10 nitrogen and oxygen atoms in total. The summed E-state index contributed by atoms with van der Waals surface area (Å²) in [5.74, 6) is -0.417. The highest BCUT2D eigenvalue weighted by Crippen LogP contribution is 2.32. The van der Waals surface area contributed by atoms with Gasteiger partial charge in [-0.2, -0.15) is 10.2 Å². The monoisotopic (exact) mass is 551 g/mol. The number of methoxy groups -OCH3 is 1. The molecule has 3 rings (SSSR count). The molecule has 12 heteroatoms. The lowest BCUT2D eigenvalue weighted by molar-refractivity contribution is -0.384. The highest BCUT2D eigenvalue weighted by molar-refractivity contribution is 9.10. The third-order valence-electron chi connectivity index (χ3n) is 4.08. The van der Waals surface area contributed by atoms with Crippen molar-refractivity contribution in [2.75, 3.05) is 7.11 Å². The number of amides is 1. The molecule has 160 valence electrons. The molecule has 1 heterocycles. The second kappa shape index (κ2) is 9.71. The van der Waals surface area contributed by atoms with Crippen molar-refractivity contribution in [1.29, 1.82) is 0 Å². The highest BCUT2D eigenvalue weighted by atomic mass is 79.9. The minimum atomic E-state index is -0.563. The highest BCUT2D eigenvalue weighted by Gasteiger charge is 2.15. The maximum absolute atomic E-state index is 12.4. The summed E-state index contributed by atoms with van der Waals surface area (Å²) in [5, 5.41) is 28.9. The number of benzene rings is 2. The van der Waals surface area contributed by atoms with E-state index in [9.17, 15) is 20.0 Å². The number of halogens is 2. The molecule has 0 aliphatic carbocycles. The molecular weight excluding hydrogens is 538 g/mol. The Morgan fingerprint density at radius 2 is 2.06 bits per heavy atom. The zero-order chi connectivity index (χ0) is 22.5. The van der Waals surface area contributed by atoms with Crippen LogP contribution in [0.25, 0.3) is 0 Å². The van der Waals surface area contributed by atoms with E-state index in [-0.39, 0.29) is 22.9 Å². The van der Waals surface area contributed by atoms with Crippen molar-refractivity contribution in [3.8, 4) is 11.5 Å². The van der Waals surface area contributed by atoms with E-state index in [0.717, 1.165) is 5.56 Å². The molecule has 0 spiro atoms. The van der Waals surface area contributed by atoms with Crippen molar-refractivity contribution in [2.45, 2.75) is 6.54 Å². The van der Waals surface area contributed by atoms with Gasteiger partial charge in [0.1, 0.15) is 0 Å². The number of nitrogens with zero attached hydrogens (tertiary/aromatic N) is 4. The van der Waals surface area contributed by atoms with E-state index in [1.807, 2.05) is 0 Å². The van der Waals surface area contributed by atoms with E-state index in [1.165, 1.54) is 30.1 Å². The zero-order valence-corrected chi connectivity index (χ0v) is 19.1. The summed E-state index contributed by atoms with van der Waals surface area (Å²) >= 11 is 6.59. The van der Waals surface area contributed by atoms with Gasteiger partial charge >= 0.3 is 0 Å². The molecule has 0 aliphatic rings. The lowest BCUT2D eigenvalue weighted by atomic mass is 10.2. The summed E-state index contributed by atoms with van der Waals surface area (Å²) in [4.78, 5) is 22.7. The largest absolute Gasteiger partial charge is 0.504 e. The smallest absolute Gasteiger partial charge is 0.293 e. The van der Waals surface area contributed by atoms with Gasteiger partial charge in [-0.25, -0.2) is 5.43 Å². The van der Waals surface area contributed by atoms with Crippen molar-refractivity contribution in [3.05, 3.63) is 78.5 Å². The van der Waals surface area contributed by atoms with Crippen molar-refractivity contribution >= 4 is 49.7 Å². The van der Waals surface area contributed by atoms with Crippen LogP contribution in [-0.2, 0) is 6.54 Å². The van der Waals surface area contributed by atoms with Crippen LogP contribution < -0.4 is 10.2 Å². The number of nitro groups is 1. The number of carbonyl (C=O) groups excluding carboxylic acids is 1. The van der Waals surface area contributed by atoms with Crippen LogP contribution in [0.2, 0.25) is 0 Å². The van der Waals surface area contributed by atoms with Gasteiger partial charge in [-0.15, -0.1) is 0 Å². The minimum Gasteiger partial charge on any atom is -0.504 e. The lowest BCUT2D eigenvalue weighted by Crippen LogP contribution is -2.19. The number of phenols is 1. The fourth-order valence-corrected chi connectivity index (χ4v) is 3.55. The van der Waals surface area contributed by atoms with E-state index in [0.29, 0.717) is 21.1 Å². The maximum atomic E-state index is 12.4. The molecule has 0 radical (unpaired) electrons. The summed E-state index contributed by atoms with van der Waals surface area (Å²) in [7, 11) is 1.43. The second-order valence-electron chi connectivity index (χ2n) is 6.19. The van der Waals surface area contributed by atoms with E-state index in [2.05, 4.69) is 47.5 Å². The van der Waals surface area contributed by atoms with Crippen LogP contribution in [0.5, 0.6) is 11.5 Å². The van der Waals surface area contributed by atoms with Crippen LogP contribution in [0.15, 0.2) is 56.6 Å². The first-order valence-electron chi connectivity index (χ1n) is 8.64. The number of hydrazone groups is 1. The van der Waals surface area contributed by atoms with E-state index >= 15 is 0 Å². The Hall–Kier alpha value is -3.25. The van der Waals surface area contributed by atoms with Gasteiger partial charge < -0.3 is 9.84 Å². The van der Waals surface area contributed by atoms with E-state index in [1.54, 1.807) is 30.5 Å². The molecule has 1 amide bonds. The summed E-state index contributed by atoms with van der Waals surface area (Å²) in [6.07, 6.45) is 2.90. The quantitative estimate of drug-likeness (QED) is 0.260. The number of carbonyl (C=O) groups is 1. The average Bonchev–Trinajstić information content (AvgIpc) is 3.10. The standard InChI is InChI=1S/C19H15Br2N5O5/c1-31-16-7-13(20)6-12(18(16)27)8-22-23-19(28)17-15(21)10-25(24-17)9-11-2-4-14(5-3-11)26(29)30/h2-8,10,27H,9H2,1H3,(H,23,28)/b22-8-. The molecule has 31 heavy (non-hydrogen) atoms. The van der Waals surface area contributed by atoms with Crippen LogP contribution in [0.4, 0.5) is 5.69 Å². The number of hydrogen-bond acceptors (Lipinski definition) is 7. The fourth-order valence-electron chi connectivity index (χ4n) is 2.60. The van der Waals surface area contributed by atoms with Gasteiger partial charge in [0.25, 0.3) is 11.6 Å². The Labute approximate surface area is 192 Å². The van der Waals surface area contributed by atoms with E-state index < -0.39 is 10.8 Å². The molecule has 0 saturated heterocycles. The van der Waals surface area contributed by atoms with Crippen molar-refractivity contribution in [2.24, 2.45) is 5.10 Å². The summed E-state index contributed by atoms with van der Waals surface area (Å²) in [6, 6.07) is 9.26. The van der Waals surface area contributed by atoms with Gasteiger partial charge in [0.15, 0.2) is 17.2 Å². The third kappa shape index (κ3) is 5.47. The Balaban J connectivity index is 1.69. The number of phenolic OH excluding ortho intramolecular Hbond substituents is 1. The second-order valence-corrected chi connectivity index (χ2v) is 7.96. The van der Waals surface area contributed by atoms with Gasteiger partial charge in [-0.1, -0.05) is 28.1 Å². The number of non-ortho nitro benzene ring substituents is 1. The number of rotatable bonds is 7. The first kappa shape index (κ1) is 22.4. The van der Waals surface area contributed by atoms with Gasteiger partial charge in [0.2, 0.25) is 0 Å². The molecule has 0 aliphatic heterocycles. The summed E-state index contributed by atoms with van der Waals surface area (Å²) in [6.45, 7) is 0.318. The molecule has 0 saturated carbocycles. The van der Waals surface area contributed by atoms with Gasteiger partial charge in [-0.05, 0) is 33.6 Å². The van der Waals surface area contributed by atoms with Crippen LogP contribution in [0.3, 0.4) is 0 Å². The molecule has 0 fully saturated rings. The number of aromatic hydroxyl groups is 1. The number of hydrogen-bond donors (Lipinski definition) is 2. The Kier molecular flexibility index (Phi) is 7.02. The van der Waals surface area contributed by atoms with E-state index in [4.69, 9.17) is 4.74 Å². The number of nitro benzene ring substituents is 1. The van der Waals surface area contributed by atoms with Crippen molar-refractivity contribution in [3.63, 3.8) is 0 Å². The van der Waals surface area contributed by atoms with Crippen molar-refractivity contribution in [1.82, 2.24) is 15.2 Å². The Bertz CT molecular complexity index is 1160. The van der Waals surface area contributed by atoms with Gasteiger partial charge in [0, 0.05) is 28.4 Å². The first-order chi connectivity index (χ1) is 14.8. The Morgan fingerprint density at radius 3 is 2.71 bits per heavy atom. The molecule has 2 aromatic carbocycles. The average molecular weight is 553 g/mol. The first-order valence-corrected chi connectivity index (χ1v) is 10.2. The summed E-state index contributed by atoms with van der Waals surface area (Å²) < 4.78 is 7.71.